The number of esters is 1. The normalized spacial score (nSPS) is 35.1. The minimum absolute atomic E-state index is 0.144. The molecule has 0 aliphatic carbocycles. The lowest BCUT2D eigenvalue weighted by atomic mass is 9.92. The van der Waals surface area contributed by atoms with Gasteiger partial charge in [-0.15, -0.1) is 0 Å². The lowest BCUT2D eigenvalue weighted by Gasteiger charge is -2.40. The average molecular weight is 431 g/mol. The number of carbonyl (C=O) groups excluding carboxylic acids is 2. The van der Waals surface area contributed by atoms with Crippen LogP contribution < -0.4 is 5.32 Å². The van der Waals surface area contributed by atoms with Crippen LogP contribution in [-0.2, 0) is 38.0 Å². The zero-order valence-electron chi connectivity index (χ0n) is 18.8. The zero-order valence-corrected chi connectivity index (χ0v) is 18.8. The van der Waals surface area contributed by atoms with Crippen LogP contribution in [0.2, 0.25) is 0 Å². The van der Waals surface area contributed by atoms with Crippen molar-refractivity contribution in [1.29, 1.82) is 0 Å². The Balaban J connectivity index is 1.87. The number of ether oxygens (including phenoxy) is 7. The Morgan fingerprint density at radius 3 is 2.13 bits per heavy atom. The van der Waals surface area contributed by atoms with E-state index in [-0.39, 0.29) is 6.42 Å². The van der Waals surface area contributed by atoms with E-state index in [0.29, 0.717) is 0 Å². The van der Waals surface area contributed by atoms with Gasteiger partial charge in [0.1, 0.15) is 30.0 Å². The van der Waals surface area contributed by atoms with Crippen LogP contribution in [-0.4, -0.2) is 73.1 Å². The summed E-state index contributed by atoms with van der Waals surface area (Å²) in [4.78, 5) is 24.5. The Hall–Kier alpha value is -1.46. The van der Waals surface area contributed by atoms with E-state index in [1.807, 2.05) is 0 Å². The molecule has 3 rings (SSSR count). The highest BCUT2D eigenvalue weighted by Crippen LogP contribution is 2.45. The first-order chi connectivity index (χ1) is 13.7. The van der Waals surface area contributed by atoms with Gasteiger partial charge in [0.05, 0.1) is 19.6 Å². The summed E-state index contributed by atoms with van der Waals surface area (Å²) >= 11 is 0. The number of fused-ring (bicyclic) bond motifs is 3. The van der Waals surface area contributed by atoms with Crippen LogP contribution in [0.15, 0.2) is 0 Å². The fraction of sp³-hybridized carbons (Fsp3) is 0.900. The van der Waals surface area contributed by atoms with E-state index in [1.54, 1.807) is 48.5 Å². The molecule has 0 unspecified atom stereocenters. The van der Waals surface area contributed by atoms with Gasteiger partial charge in [0.2, 0.25) is 0 Å². The summed E-state index contributed by atoms with van der Waals surface area (Å²) in [6, 6.07) is -0.800. The SMILES string of the molecule is COC(=O)C[C@H](NC(=O)OC(C)(C)C)[C@H]1O[C@@H]2OC(C)(C)O[C@@H]2[C@H]2OC(C)(C)O[C@H]21. The van der Waals surface area contributed by atoms with Gasteiger partial charge in [0.25, 0.3) is 0 Å². The molecule has 0 aromatic rings. The molecular formula is C20H33NO9. The quantitative estimate of drug-likeness (QED) is 0.667. The second kappa shape index (κ2) is 7.90. The van der Waals surface area contributed by atoms with Crippen LogP contribution in [0.4, 0.5) is 4.79 Å². The minimum atomic E-state index is -0.899. The third kappa shape index (κ3) is 5.23. The van der Waals surface area contributed by atoms with Crippen molar-refractivity contribution in [3.63, 3.8) is 0 Å². The molecule has 3 fully saturated rings. The van der Waals surface area contributed by atoms with E-state index in [4.69, 9.17) is 33.2 Å². The Morgan fingerprint density at radius 1 is 0.967 bits per heavy atom. The predicted octanol–water partition coefficient (Wildman–Crippen LogP) is 1.84. The first-order valence-corrected chi connectivity index (χ1v) is 10.1. The van der Waals surface area contributed by atoms with Crippen LogP contribution in [0.5, 0.6) is 0 Å². The Morgan fingerprint density at radius 2 is 1.53 bits per heavy atom. The molecule has 30 heavy (non-hydrogen) atoms. The average Bonchev–Trinajstić information content (AvgIpc) is 3.05. The van der Waals surface area contributed by atoms with Crippen molar-refractivity contribution >= 4 is 12.1 Å². The zero-order chi connectivity index (χ0) is 22.5. The third-order valence-electron chi connectivity index (χ3n) is 4.90. The number of carbonyl (C=O) groups is 2. The molecule has 10 nitrogen and oxygen atoms in total. The van der Waals surface area contributed by atoms with Gasteiger partial charge in [0.15, 0.2) is 17.9 Å². The summed E-state index contributed by atoms with van der Waals surface area (Å²) in [5.41, 5.74) is -0.706. The van der Waals surface area contributed by atoms with Crippen LogP contribution in [0.1, 0.15) is 54.9 Å². The summed E-state index contributed by atoms with van der Waals surface area (Å²) in [7, 11) is 1.28. The van der Waals surface area contributed by atoms with Crippen molar-refractivity contribution < 1.29 is 42.7 Å². The number of hydrogen-bond acceptors (Lipinski definition) is 9. The predicted molar refractivity (Wildman–Crippen MR) is 102 cm³/mol. The van der Waals surface area contributed by atoms with Gasteiger partial charge in [-0.25, -0.2) is 4.79 Å². The molecule has 0 aromatic carbocycles. The maximum atomic E-state index is 12.5. The van der Waals surface area contributed by atoms with Gasteiger partial charge in [-0.1, -0.05) is 0 Å². The molecule has 1 amide bonds. The largest absolute Gasteiger partial charge is 0.469 e. The lowest BCUT2D eigenvalue weighted by molar-refractivity contribution is -0.240. The van der Waals surface area contributed by atoms with Crippen molar-refractivity contribution in [2.75, 3.05) is 7.11 Å². The molecule has 1 N–H and O–H groups in total. The molecule has 0 spiro atoms. The summed E-state index contributed by atoms with van der Waals surface area (Å²) in [6.45, 7) is 12.4. The van der Waals surface area contributed by atoms with Gasteiger partial charge < -0.3 is 38.5 Å². The fourth-order valence-corrected chi connectivity index (χ4v) is 3.94. The van der Waals surface area contributed by atoms with Crippen molar-refractivity contribution in [2.45, 2.75) is 109 Å². The van der Waals surface area contributed by atoms with Gasteiger partial charge in [-0.2, -0.15) is 0 Å². The van der Waals surface area contributed by atoms with Crippen molar-refractivity contribution in [3.05, 3.63) is 0 Å². The van der Waals surface area contributed by atoms with Crippen LogP contribution in [0.25, 0.3) is 0 Å². The van der Waals surface area contributed by atoms with Crippen molar-refractivity contribution in [3.8, 4) is 0 Å². The molecular weight excluding hydrogens is 398 g/mol. The van der Waals surface area contributed by atoms with Crippen molar-refractivity contribution in [1.82, 2.24) is 5.32 Å². The van der Waals surface area contributed by atoms with E-state index >= 15 is 0 Å². The van der Waals surface area contributed by atoms with Crippen LogP contribution in [0.3, 0.4) is 0 Å². The van der Waals surface area contributed by atoms with Crippen LogP contribution in [0, 0.1) is 0 Å². The number of amides is 1. The number of rotatable bonds is 4. The molecule has 0 saturated carbocycles. The molecule has 10 heteroatoms. The second-order valence-electron chi connectivity index (χ2n) is 9.67. The highest BCUT2D eigenvalue weighted by molar-refractivity contribution is 5.73. The second-order valence-corrected chi connectivity index (χ2v) is 9.67. The monoisotopic (exact) mass is 431 g/mol. The molecule has 3 heterocycles. The number of nitrogens with one attached hydrogen (secondary N) is 1. The number of methoxy groups -OCH3 is 1. The van der Waals surface area contributed by atoms with Gasteiger partial charge >= 0.3 is 12.1 Å². The van der Waals surface area contributed by atoms with Gasteiger partial charge in [-0.3, -0.25) is 4.79 Å². The molecule has 3 saturated heterocycles. The maximum Gasteiger partial charge on any atom is 0.407 e. The van der Waals surface area contributed by atoms with E-state index in [0.717, 1.165) is 0 Å². The molecule has 172 valence electrons. The standard InChI is InChI=1S/C20H33NO9/c1-18(2,3)30-17(23)21-10(9-11(22)24-8)12-13-14(27-19(4,5)26-13)15-16(25-12)29-20(6,7)28-15/h10,12-16H,9H2,1-8H3,(H,21,23)/t10-,12+,13-,14-,15+,16+/m0/s1. The molecule has 0 radical (unpaired) electrons. The van der Waals surface area contributed by atoms with E-state index in [2.05, 4.69) is 5.32 Å². The topological polar surface area (TPSA) is 111 Å². The number of hydrogen-bond donors (Lipinski definition) is 1. The summed E-state index contributed by atoms with van der Waals surface area (Å²) in [6.07, 6.45) is -3.96. The molecule has 0 aromatic heterocycles. The van der Waals surface area contributed by atoms with E-state index in [9.17, 15) is 9.59 Å². The third-order valence-corrected chi connectivity index (χ3v) is 4.90. The lowest BCUT2D eigenvalue weighted by Crippen LogP contribution is -2.62. The van der Waals surface area contributed by atoms with E-state index < -0.39 is 66.0 Å². The molecule has 6 atom stereocenters. The maximum absolute atomic E-state index is 12.5. The summed E-state index contributed by atoms with van der Waals surface area (Å²) in [5.74, 6) is -2.29. The molecule has 3 aliphatic heterocycles. The highest BCUT2D eigenvalue weighted by atomic mass is 16.9. The first-order valence-electron chi connectivity index (χ1n) is 10.1. The van der Waals surface area contributed by atoms with E-state index in [1.165, 1.54) is 7.11 Å². The Labute approximate surface area is 176 Å². The van der Waals surface area contributed by atoms with Crippen LogP contribution >= 0.6 is 0 Å². The summed E-state index contributed by atoms with van der Waals surface area (Å²) < 4.78 is 40.4. The smallest absolute Gasteiger partial charge is 0.407 e. The summed E-state index contributed by atoms with van der Waals surface area (Å²) in [5, 5.41) is 2.73. The minimum Gasteiger partial charge on any atom is -0.469 e. The highest BCUT2D eigenvalue weighted by Gasteiger charge is 2.62. The fourth-order valence-electron chi connectivity index (χ4n) is 3.94. The first kappa shape index (κ1) is 23.2. The van der Waals surface area contributed by atoms with Gasteiger partial charge in [-0.05, 0) is 48.5 Å². The molecule has 3 aliphatic rings. The number of alkyl carbamates (subject to hydrolysis) is 1. The molecule has 0 bridgehead atoms. The Bertz CT molecular complexity index is 672. The van der Waals surface area contributed by atoms with Gasteiger partial charge in [0, 0.05) is 0 Å². The van der Waals surface area contributed by atoms with Crippen molar-refractivity contribution in [2.24, 2.45) is 0 Å². The Kier molecular flexibility index (Phi) is 6.11.